The van der Waals surface area contributed by atoms with Crippen LogP contribution in [-0.2, 0) is 12.7 Å². The van der Waals surface area contributed by atoms with Crippen molar-refractivity contribution in [2.75, 3.05) is 0 Å². The summed E-state index contributed by atoms with van der Waals surface area (Å²) in [6, 6.07) is 8.95. The summed E-state index contributed by atoms with van der Waals surface area (Å²) in [4.78, 5) is 10.2. The summed E-state index contributed by atoms with van der Waals surface area (Å²) >= 11 is 0. The molecule has 0 bridgehead atoms. The molecule has 0 fully saturated rings. The van der Waals surface area contributed by atoms with E-state index in [1.54, 1.807) is 6.07 Å². The summed E-state index contributed by atoms with van der Waals surface area (Å²) in [5.74, 6) is 0. The summed E-state index contributed by atoms with van der Waals surface area (Å²) < 4.78 is 39.6. The smallest absolute Gasteiger partial charge is 0.258 e. The Morgan fingerprint density at radius 3 is 2.65 bits per heavy atom. The third-order valence-electron chi connectivity index (χ3n) is 3.29. The van der Waals surface area contributed by atoms with Crippen molar-refractivity contribution in [3.8, 4) is 0 Å². The average molecular weight is 322 g/mol. The van der Waals surface area contributed by atoms with Crippen molar-refractivity contribution in [1.82, 2.24) is 15.0 Å². The normalized spacial score (nSPS) is 11.8. The van der Waals surface area contributed by atoms with Gasteiger partial charge in [-0.05, 0) is 23.8 Å². The lowest BCUT2D eigenvalue weighted by atomic mass is 10.1. The fourth-order valence-corrected chi connectivity index (χ4v) is 2.21. The summed E-state index contributed by atoms with van der Waals surface area (Å²) in [7, 11) is 0. The standard InChI is InChI=1S/C14H9F3N4O2/c15-14(16,17)10-3-1-2-9(6-10)8-20-13-5-4-11(21(22)23)7-12(13)18-19-20/h1-7H,8H2. The Morgan fingerprint density at radius 2 is 1.96 bits per heavy atom. The zero-order chi connectivity index (χ0) is 16.6. The molecule has 23 heavy (non-hydrogen) atoms. The Kier molecular flexibility index (Phi) is 3.47. The van der Waals surface area contributed by atoms with E-state index in [2.05, 4.69) is 10.3 Å². The highest BCUT2D eigenvalue weighted by Gasteiger charge is 2.30. The van der Waals surface area contributed by atoms with Crippen molar-refractivity contribution >= 4 is 16.7 Å². The number of nitro groups is 1. The Morgan fingerprint density at radius 1 is 1.17 bits per heavy atom. The molecule has 1 heterocycles. The zero-order valence-corrected chi connectivity index (χ0v) is 11.5. The van der Waals surface area contributed by atoms with Gasteiger partial charge in [0.15, 0.2) is 0 Å². The van der Waals surface area contributed by atoms with E-state index in [0.29, 0.717) is 16.6 Å². The molecule has 0 saturated heterocycles. The van der Waals surface area contributed by atoms with Crippen LogP contribution < -0.4 is 0 Å². The Bertz CT molecular complexity index is 889. The maximum Gasteiger partial charge on any atom is 0.416 e. The number of alkyl halides is 3. The van der Waals surface area contributed by atoms with Crippen LogP contribution in [0.3, 0.4) is 0 Å². The van der Waals surface area contributed by atoms with Crippen LogP contribution in [-0.4, -0.2) is 19.9 Å². The Labute approximate surface area is 127 Å². The maximum atomic E-state index is 12.7. The number of non-ortho nitro benzene ring substituents is 1. The van der Waals surface area contributed by atoms with Crippen molar-refractivity contribution in [3.05, 3.63) is 63.7 Å². The van der Waals surface area contributed by atoms with Crippen LogP contribution in [0.5, 0.6) is 0 Å². The number of hydrogen-bond donors (Lipinski definition) is 0. The van der Waals surface area contributed by atoms with E-state index >= 15 is 0 Å². The Hall–Kier alpha value is -2.97. The van der Waals surface area contributed by atoms with Gasteiger partial charge in [0.25, 0.3) is 5.69 Å². The van der Waals surface area contributed by atoms with Crippen LogP contribution in [0.25, 0.3) is 11.0 Å². The minimum absolute atomic E-state index is 0.0816. The highest BCUT2D eigenvalue weighted by Crippen LogP contribution is 2.29. The van der Waals surface area contributed by atoms with E-state index in [9.17, 15) is 23.3 Å². The van der Waals surface area contributed by atoms with Gasteiger partial charge in [-0.1, -0.05) is 17.3 Å². The molecule has 0 amide bonds. The zero-order valence-electron chi connectivity index (χ0n) is 11.5. The van der Waals surface area contributed by atoms with Crippen LogP contribution in [0.2, 0.25) is 0 Å². The second-order valence-electron chi connectivity index (χ2n) is 4.88. The topological polar surface area (TPSA) is 73.8 Å². The first-order valence-corrected chi connectivity index (χ1v) is 6.48. The number of hydrogen-bond acceptors (Lipinski definition) is 4. The predicted octanol–water partition coefficient (Wildman–Crippen LogP) is 3.41. The molecule has 0 N–H and O–H groups in total. The molecular formula is C14H9F3N4O2. The van der Waals surface area contributed by atoms with Crippen LogP contribution in [0.1, 0.15) is 11.1 Å². The molecule has 0 spiro atoms. The Balaban J connectivity index is 1.95. The van der Waals surface area contributed by atoms with Crippen molar-refractivity contribution in [2.45, 2.75) is 12.7 Å². The van der Waals surface area contributed by atoms with Crippen LogP contribution in [0, 0.1) is 10.1 Å². The van der Waals surface area contributed by atoms with Crippen molar-refractivity contribution in [3.63, 3.8) is 0 Å². The summed E-state index contributed by atoms with van der Waals surface area (Å²) in [6.07, 6.45) is -4.42. The van der Waals surface area contributed by atoms with Gasteiger partial charge in [0.1, 0.15) is 5.52 Å². The number of nitrogens with zero attached hydrogens (tertiary/aromatic N) is 4. The number of halogens is 3. The molecule has 0 saturated carbocycles. The predicted molar refractivity (Wildman–Crippen MR) is 74.7 cm³/mol. The number of benzene rings is 2. The SMILES string of the molecule is O=[N+]([O-])c1ccc2c(c1)nnn2Cc1cccc(C(F)(F)F)c1. The van der Waals surface area contributed by atoms with E-state index in [-0.39, 0.29) is 12.2 Å². The summed E-state index contributed by atoms with van der Waals surface area (Å²) in [6.45, 7) is 0.0816. The monoisotopic (exact) mass is 322 g/mol. The fraction of sp³-hybridized carbons (Fsp3) is 0.143. The first-order valence-electron chi connectivity index (χ1n) is 6.48. The maximum absolute atomic E-state index is 12.7. The minimum atomic E-state index is -4.42. The molecule has 0 aliphatic carbocycles. The van der Waals surface area contributed by atoms with Gasteiger partial charge in [0.2, 0.25) is 0 Å². The van der Waals surface area contributed by atoms with Gasteiger partial charge in [-0.25, -0.2) is 4.68 Å². The molecule has 0 unspecified atom stereocenters. The number of nitro benzene ring substituents is 1. The highest BCUT2D eigenvalue weighted by molar-refractivity contribution is 5.77. The largest absolute Gasteiger partial charge is 0.416 e. The van der Waals surface area contributed by atoms with E-state index in [1.165, 1.54) is 28.9 Å². The van der Waals surface area contributed by atoms with Gasteiger partial charge in [0.05, 0.1) is 22.5 Å². The third-order valence-corrected chi connectivity index (χ3v) is 3.29. The van der Waals surface area contributed by atoms with Crippen molar-refractivity contribution in [2.24, 2.45) is 0 Å². The second-order valence-corrected chi connectivity index (χ2v) is 4.88. The van der Waals surface area contributed by atoms with Gasteiger partial charge in [-0.2, -0.15) is 13.2 Å². The number of rotatable bonds is 3. The molecule has 2 aromatic carbocycles. The molecule has 0 atom stereocenters. The molecule has 118 valence electrons. The van der Waals surface area contributed by atoms with Crippen LogP contribution in [0.4, 0.5) is 18.9 Å². The third kappa shape index (κ3) is 2.98. The van der Waals surface area contributed by atoms with Gasteiger partial charge >= 0.3 is 6.18 Å². The van der Waals surface area contributed by atoms with Crippen LogP contribution >= 0.6 is 0 Å². The minimum Gasteiger partial charge on any atom is -0.258 e. The molecule has 0 radical (unpaired) electrons. The number of aromatic nitrogens is 3. The molecule has 0 aliphatic heterocycles. The fourth-order valence-electron chi connectivity index (χ4n) is 2.21. The van der Waals surface area contributed by atoms with E-state index < -0.39 is 16.7 Å². The molecule has 0 aliphatic rings. The van der Waals surface area contributed by atoms with Gasteiger partial charge < -0.3 is 0 Å². The molecule has 3 rings (SSSR count). The van der Waals surface area contributed by atoms with Gasteiger partial charge in [-0.15, -0.1) is 5.10 Å². The summed E-state index contributed by atoms with van der Waals surface area (Å²) in [5, 5.41) is 18.4. The molecule has 1 aromatic heterocycles. The summed E-state index contributed by atoms with van der Waals surface area (Å²) in [5.41, 5.74) is 0.364. The van der Waals surface area contributed by atoms with Crippen molar-refractivity contribution in [1.29, 1.82) is 0 Å². The van der Waals surface area contributed by atoms with Gasteiger partial charge in [0, 0.05) is 12.1 Å². The lowest BCUT2D eigenvalue weighted by Gasteiger charge is -2.09. The van der Waals surface area contributed by atoms with E-state index in [1.807, 2.05) is 0 Å². The highest BCUT2D eigenvalue weighted by atomic mass is 19.4. The number of fused-ring (bicyclic) bond motifs is 1. The molecule has 6 nitrogen and oxygen atoms in total. The van der Waals surface area contributed by atoms with E-state index in [4.69, 9.17) is 0 Å². The molecule has 3 aromatic rings. The van der Waals surface area contributed by atoms with Crippen LogP contribution in [0.15, 0.2) is 42.5 Å². The second kappa shape index (κ2) is 5.34. The van der Waals surface area contributed by atoms with Crippen molar-refractivity contribution < 1.29 is 18.1 Å². The average Bonchev–Trinajstić information content (AvgIpc) is 2.89. The quantitative estimate of drug-likeness (QED) is 0.547. The lowest BCUT2D eigenvalue weighted by molar-refractivity contribution is -0.384. The van der Waals surface area contributed by atoms with Gasteiger partial charge in [-0.3, -0.25) is 10.1 Å². The molecule has 9 heteroatoms. The first-order chi connectivity index (χ1) is 10.8. The van der Waals surface area contributed by atoms with E-state index in [0.717, 1.165) is 12.1 Å². The first kappa shape index (κ1) is 14.9. The molecular weight excluding hydrogens is 313 g/mol. The lowest BCUT2D eigenvalue weighted by Crippen LogP contribution is -2.07.